The summed E-state index contributed by atoms with van der Waals surface area (Å²) >= 11 is 0. The quantitative estimate of drug-likeness (QED) is 0.728. The Morgan fingerprint density at radius 3 is 2.24 bits per heavy atom. The highest BCUT2D eigenvalue weighted by atomic mass is 16.5. The van der Waals surface area contributed by atoms with E-state index >= 15 is 0 Å². The summed E-state index contributed by atoms with van der Waals surface area (Å²) in [6, 6.07) is 14.3. The van der Waals surface area contributed by atoms with Crippen LogP contribution in [-0.4, -0.2) is 35.4 Å². The van der Waals surface area contributed by atoms with Gasteiger partial charge in [0, 0.05) is 6.07 Å². The molecule has 0 aliphatic carbocycles. The molecule has 0 atom stereocenters. The molecule has 2 N–H and O–H groups in total. The van der Waals surface area contributed by atoms with E-state index in [1.807, 2.05) is 42.5 Å². The smallest absolute Gasteiger partial charge is 0.341 e. The molecule has 0 aliphatic rings. The Balaban J connectivity index is 2.04. The van der Waals surface area contributed by atoms with Crippen molar-refractivity contribution in [2.24, 2.45) is 0 Å². The second kappa shape index (κ2) is 9.12. The van der Waals surface area contributed by atoms with E-state index in [9.17, 15) is 9.59 Å². The molecule has 2 aromatic carbocycles. The van der Waals surface area contributed by atoms with Crippen molar-refractivity contribution in [3.63, 3.8) is 0 Å². The van der Waals surface area contributed by atoms with E-state index in [0.29, 0.717) is 11.3 Å². The molecule has 0 aromatic heterocycles. The minimum absolute atomic E-state index is 0.208. The van der Waals surface area contributed by atoms with Gasteiger partial charge in [-0.15, -0.1) is 0 Å². The van der Waals surface area contributed by atoms with Crippen LogP contribution in [0.25, 0.3) is 6.08 Å². The van der Waals surface area contributed by atoms with E-state index < -0.39 is 18.5 Å². The molecule has 25 heavy (non-hydrogen) atoms. The van der Waals surface area contributed by atoms with E-state index in [1.165, 1.54) is 12.1 Å². The van der Waals surface area contributed by atoms with Crippen molar-refractivity contribution < 1.29 is 29.3 Å². The van der Waals surface area contributed by atoms with Crippen LogP contribution in [0.5, 0.6) is 11.5 Å². The van der Waals surface area contributed by atoms with Gasteiger partial charge in [0.25, 0.3) is 0 Å². The molecule has 0 aliphatic heterocycles. The molecular formula is C19H18O6. The predicted octanol–water partition coefficient (Wildman–Crippen LogP) is 2.87. The van der Waals surface area contributed by atoms with Crippen LogP contribution in [0.4, 0.5) is 0 Å². The SMILES string of the molecule is O=C(O)COc1cc(CC(=O)O)cc(OC/C=C/c2ccccc2)c1. The van der Waals surface area contributed by atoms with Crippen molar-refractivity contribution >= 4 is 18.0 Å². The molecule has 2 aromatic rings. The predicted molar refractivity (Wildman–Crippen MR) is 91.9 cm³/mol. The molecule has 0 spiro atoms. The van der Waals surface area contributed by atoms with Gasteiger partial charge in [0.2, 0.25) is 0 Å². The lowest BCUT2D eigenvalue weighted by molar-refractivity contribution is -0.139. The fourth-order valence-corrected chi connectivity index (χ4v) is 2.11. The number of carboxylic acid groups (broad SMARTS) is 2. The maximum atomic E-state index is 10.9. The first kappa shape index (κ1) is 18.1. The summed E-state index contributed by atoms with van der Waals surface area (Å²) in [5.41, 5.74) is 1.51. The van der Waals surface area contributed by atoms with E-state index in [0.717, 1.165) is 5.56 Å². The van der Waals surface area contributed by atoms with Crippen molar-refractivity contribution in [3.8, 4) is 11.5 Å². The first-order valence-electron chi connectivity index (χ1n) is 7.57. The highest BCUT2D eigenvalue weighted by Crippen LogP contribution is 2.23. The summed E-state index contributed by atoms with van der Waals surface area (Å²) in [4.78, 5) is 21.5. The van der Waals surface area contributed by atoms with Gasteiger partial charge in [-0.25, -0.2) is 4.79 Å². The second-order valence-electron chi connectivity index (χ2n) is 5.19. The number of carbonyl (C=O) groups is 2. The first-order chi connectivity index (χ1) is 12.0. The van der Waals surface area contributed by atoms with Crippen LogP contribution in [-0.2, 0) is 16.0 Å². The molecular weight excluding hydrogens is 324 g/mol. The third-order valence-electron chi connectivity index (χ3n) is 3.11. The van der Waals surface area contributed by atoms with Crippen LogP contribution in [0, 0.1) is 0 Å². The van der Waals surface area contributed by atoms with Gasteiger partial charge in [0.15, 0.2) is 6.61 Å². The zero-order chi connectivity index (χ0) is 18.1. The Labute approximate surface area is 144 Å². The van der Waals surface area contributed by atoms with Crippen LogP contribution in [0.15, 0.2) is 54.6 Å². The fraction of sp³-hybridized carbons (Fsp3) is 0.158. The molecule has 130 valence electrons. The van der Waals surface area contributed by atoms with Crippen LogP contribution in [0.3, 0.4) is 0 Å². The van der Waals surface area contributed by atoms with Gasteiger partial charge in [-0.05, 0) is 29.3 Å². The third-order valence-corrected chi connectivity index (χ3v) is 3.11. The maximum Gasteiger partial charge on any atom is 0.341 e. The van der Waals surface area contributed by atoms with E-state index in [2.05, 4.69) is 0 Å². The summed E-state index contributed by atoms with van der Waals surface area (Å²) in [6.07, 6.45) is 3.53. The van der Waals surface area contributed by atoms with E-state index in [4.69, 9.17) is 19.7 Å². The van der Waals surface area contributed by atoms with Crippen LogP contribution < -0.4 is 9.47 Å². The van der Waals surface area contributed by atoms with Gasteiger partial charge in [-0.2, -0.15) is 0 Å². The zero-order valence-corrected chi connectivity index (χ0v) is 13.4. The number of carboxylic acids is 2. The molecule has 0 saturated carbocycles. The lowest BCUT2D eigenvalue weighted by Crippen LogP contribution is -2.10. The van der Waals surface area contributed by atoms with Gasteiger partial charge < -0.3 is 19.7 Å². The second-order valence-corrected chi connectivity index (χ2v) is 5.19. The molecule has 2 rings (SSSR count). The van der Waals surface area contributed by atoms with Crippen molar-refractivity contribution in [2.75, 3.05) is 13.2 Å². The molecule has 0 fully saturated rings. The lowest BCUT2D eigenvalue weighted by atomic mass is 10.1. The summed E-state index contributed by atoms with van der Waals surface area (Å²) in [5.74, 6) is -1.44. The molecule has 6 heteroatoms. The topological polar surface area (TPSA) is 93.1 Å². The van der Waals surface area contributed by atoms with Gasteiger partial charge in [0.05, 0.1) is 6.42 Å². The number of aliphatic carboxylic acids is 2. The minimum Gasteiger partial charge on any atom is -0.489 e. The molecule has 0 unspecified atom stereocenters. The van der Waals surface area contributed by atoms with Crippen LogP contribution >= 0.6 is 0 Å². The molecule has 0 heterocycles. The van der Waals surface area contributed by atoms with Crippen LogP contribution in [0.1, 0.15) is 11.1 Å². The Morgan fingerprint density at radius 2 is 1.60 bits per heavy atom. The van der Waals surface area contributed by atoms with Gasteiger partial charge in [0.1, 0.15) is 18.1 Å². The lowest BCUT2D eigenvalue weighted by Gasteiger charge is -2.10. The van der Waals surface area contributed by atoms with Crippen molar-refractivity contribution in [1.82, 2.24) is 0 Å². The Bertz CT molecular complexity index is 752. The zero-order valence-electron chi connectivity index (χ0n) is 13.4. The largest absolute Gasteiger partial charge is 0.489 e. The highest BCUT2D eigenvalue weighted by molar-refractivity contribution is 5.71. The van der Waals surface area contributed by atoms with Crippen LogP contribution in [0.2, 0.25) is 0 Å². The first-order valence-corrected chi connectivity index (χ1v) is 7.57. The molecule has 0 bridgehead atoms. The van der Waals surface area contributed by atoms with Crippen molar-refractivity contribution in [3.05, 3.63) is 65.7 Å². The van der Waals surface area contributed by atoms with Gasteiger partial charge >= 0.3 is 11.9 Å². The molecule has 6 nitrogen and oxygen atoms in total. The Kier molecular flexibility index (Phi) is 6.59. The summed E-state index contributed by atoms with van der Waals surface area (Å²) in [6.45, 7) is -0.229. The number of benzene rings is 2. The van der Waals surface area contributed by atoms with E-state index in [1.54, 1.807) is 6.07 Å². The third kappa shape index (κ3) is 6.78. The Morgan fingerprint density at radius 1 is 0.920 bits per heavy atom. The minimum atomic E-state index is -1.11. The van der Waals surface area contributed by atoms with Gasteiger partial charge in [-0.3, -0.25) is 4.79 Å². The fourth-order valence-electron chi connectivity index (χ4n) is 2.11. The normalized spacial score (nSPS) is 10.6. The summed E-state index contributed by atoms with van der Waals surface area (Å²) in [5, 5.41) is 17.6. The average molecular weight is 342 g/mol. The standard InChI is InChI=1S/C19H18O6/c20-18(21)11-15-9-16(12-17(10-15)25-13-19(22)23)24-8-4-7-14-5-2-1-3-6-14/h1-7,9-10,12H,8,11,13H2,(H,20,21)(H,22,23)/b7-4+. The van der Waals surface area contributed by atoms with Crippen molar-refractivity contribution in [1.29, 1.82) is 0 Å². The Hall–Kier alpha value is -3.28. The van der Waals surface area contributed by atoms with Crippen molar-refractivity contribution in [2.45, 2.75) is 6.42 Å². The molecule has 0 saturated heterocycles. The number of rotatable bonds is 9. The number of hydrogen-bond acceptors (Lipinski definition) is 4. The molecule has 0 radical (unpaired) electrons. The number of hydrogen-bond donors (Lipinski definition) is 2. The highest BCUT2D eigenvalue weighted by Gasteiger charge is 2.08. The summed E-state index contributed by atoms with van der Waals surface area (Å²) in [7, 11) is 0. The van der Waals surface area contributed by atoms with E-state index in [-0.39, 0.29) is 18.8 Å². The average Bonchev–Trinajstić information content (AvgIpc) is 2.57. The maximum absolute atomic E-state index is 10.9. The molecule has 0 amide bonds. The monoisotopic (exact) mass is 342 g/mol. The number of ether oxygens (including phenoxy) is 2. The summed E-state index contributed by atoms with van der Waals surface area (Å²) < 4.78 is 10.7. The van der Waals surface area contributed by atoms with Gasteiger partial charge in [-0.1, -0.05) is 36.4 Å².